The van der Waals surface area contributed by atoms with E-state index in [1.54, 1.807) is 6.07 Å². The number of aromatic nitrogens is 2. The topological polar surface area (TPSA) is 66.9 Å². The molecule has 26 heavy (non-hydrogen) atoms. The van der Waals surface area contributed by atoms with E-state index < -0.39 is 0 Å². The number of benzene rings is 1. The van der Waals surface area contributed by atoms with E-state index in [0.29, 0.717) is 11.6 Å². The molecule has 1 aromatic carbocycles. The van der Waals surface area contributed by atoms with Crippen LogP contribution in [0.3, 0.4) is 0 Å². The molecule has 0 saturated carbocycles. The minimum Gasteiger partial charge on any atom is -0.354 e. The van der Waals surface area contributed by atoms with Gasteiger partial charge in [-0.1, -0.05) is 52.7 Å². The average Bonchev–Trinajstić information content (AvgIpc) is 2.58. The van der Waals surface area contributed by atoms with Gasteiger partial charge in [-0.25, -0.2) is 9.97 Å². The third kappa shape index (κ3) is 5.83. The number of amides is 1. The maximum absolute atomic E-state index is 12.5. The van der Waals surface area contributed by atoms with Gasteiger partial charge in [0.05, 0.1) is 0 Å². The van der Waals surface area contributed by atoms with Crippen molar-refractivity contribution in [2.24, 2.45) is 0 Å². The van der Waals surface area contributed by atoms with Crippen LogP contribution in [0.1, 0.15) is 68.7 Å². The summed E-state index contributed by atoms with van der Waals surface area (Å²) < 4.78 is 0. The Hall–Kier alpha value is -2.43. The summed E-state index contributed by atoms with van der Waals surface area (Å²) in [5.74, 6) is 0.282. The fraction of sp³-hybridized carbons (Fsp3) is 0.476. The summed E-state index contributed by atoms with van der Waals surface area (Å²) in [6.45, 7) is 11.3. The highest BCUT2D eigenvalue weighted by Crippen LogP contribution is 2.23. The van der Waals surface area contributed by atoms with E-state index in [-0.39, 0.29) is 11.3 Å². The van der Waals surface area contributed by atoms with Crippen molar-refractivity contribution < 1.29 is 4.79 Å². The Morgan fingerprint density at radius 2 is 1.77 bits per heavy atom. The van der Waals surface area contributed by atoms with Crippen molar-refractivity contribution in [1.29, 1.82) is 0 Å². The number of hydrogen-bond donors (Lipinski definition) is 2. The number of anilines is 2. The van der Waals surface area contributed by atoms with Crippen LogP contribution < -0.4 is 10.6 Å². The molecule has 0 radical (unpaired) electrons. The van der Waals surface area contributed by atoms with Gasteiger partial charge in [-0.15, -0.1) is 0 Å². The molecular weight excluding hydrogens is 324 g/mol. The molecule has 0 aliphatic heterocycles. The maximum atomic E-state index is 12.5. The molecule has 1 aromatic heterocycles. The van der Waals surface area contributed by atoms with E-state index in [2.05, 4.69) is 48.3 Å². The second-order valence-electron chi connectivity index (χ2n) is 7.63. The molecule has 0 spiro atoms. The number of nitrogens with zero attached hydrogens (tertiary/aromatic N) is 2. The second-order valence-corrected chi connectivity index (χ2v) is 7.63. The Balaban J connectivity index is 2.05. The van der Waals surface area contributed by atoms with Gasteiger partial charge >= 0.3 is 0 Å². The van der Waals surface area contributed by atoms with Gasteiger partial charge in [0.1, 0.15) is 5.69 Å². The van der Waals surface area contributed by atoms with Crippen LogP contribution in [0.4, 0.5) is 11.6 Å². The first-order valence-corrected chi connectivity index (χ1v) is 9.31. The number of nitrogens with one attached hydrogen (secondary N) is 2. The molecule has 1 amide bonds. The number of carbonyl (C=O) groups excluding carboxylic acids is 1. The monoisotopic (exact) mass is 354 g/mol. The Labute approximate surface area is 156 Å². The predicted molar refractivity (Wildman–Crippen MR) is 108 cm³/mol. The molecule has 0 aliphatic carbocycles. The molecule has 0 atom stereocenters. The molecule has 2 aromatic rings. The summed E-state index contributed by atoms with van der Waals surface area (Å²) in [7, 11) is 0. The first-order valence-electron chi connectivity index (χ1n) is 9.31. The van der Waals surface area contributed by atoms with E-state index in [9.17, 15) is 4.79 Å². The van der Waals surface area contributed by atoms with Crippen LogP contribution >= 0.6 is 0 Å². The van der Waals surface area contributed by atoms with Crippen LogP contribution in [0, 0.1) is 6.92 Å². The number of unbranched alkanes of at least 4 members (excludes halogenated alkanes) is 2. The quantitative estimate of drug-likeness (QED) is 0.691. The second kappa shape index (κ2) is 8.79. The summed E-state index contributed by atoms with van der Waals surface area (Å²) in [6, 6.07) is 9.64. The molecule has 2 N–H and O–H groups in total. The lowest BCUT2D eigenvalue weighted by atomic mass is 9.87. The van der Waals surface area contributed by atoms with Gasteiger partial charge in [-0.3, -0.25) is 4.79 Å². The van der Waals surface area contributed by atoms with Crippen LogP contribution in [0.25, 0.3) is 0 Å². The first kappa shape index (κ1) is 19.9. The summed E-state index contributed by atoms with van der Waals surface area (Å²) in [4.78, 5) is 21.3. The highest BCUT2D eigenvalue weighted by atomic mass is 16.1. The van der Waals surface area contributed by atoms with Crippen molar-refractivity contribution >= 4 is 17.5 Å². The lowest BCUT2D eigenvalue weighted by Gasteiger charge is -2.19. The van der Waals surface area contributed by atoms with Gasteiger partial charge in [-0.05, 0) is 42.5 Å². The molecule has 0 unspecified atom stereocenters. The van der Waals surface area contributed by atoms with E-state index in [1.165, 1.54) is 5.56 Å². The van der Waals surface area contributed by atoms with Crippen molar-refractivity contribution in [3.63, 3.8) is 0 Å². The molecule has 0 aliphatic rings. The standard InChI is InChI=1S/C21H30N4O/c1-6-7-8-13-22-20-23-15(2)14-18(25-20)19(26)24-17-11-9-16(10-12-17)21(3,4)5/h9-12,14H,6-8,13H2,1-5H3,(H,24,26)(H,22,23,25). The Morgan fingerprint density at radius 1 is 1.08 bits per heavy atom. The number of hydrogen-bond acceptors (Lipinski definition) is 4. The molecule has 1 heterocycles. The highest BCUT2D eigenvalue weighted by molar-refractivity contribution is 6.03. The zero-order valence-electron chi connectivity index (χ0n) is 16.5. The fourth-order valence-electron chi connectivity index (χ4n) is 2.59. The molecule has 140 valence electrons. The SMILES string of the molecule is CCCCCNc1nc(C)cc(C(=O)Nc2ccc(C(C)(C)C)cc2)n1. The Bertz CT molecular complexity index is 733. The van der Waals surface area contributed by atoms with Gasteiger partial charge in [0.15, 0.2) is 0 Å². The van der Waals surface area contributed by atoms with Crippen LogP contribution in [0.5, 0.6) is 0 Å². The molecule has 0 fully saturated rings. The van der Waals surface area contributed by atoms with Crippen LogP contribution in [-0.2, 0) is 5.41 Å². The summed E-state index contributed by atoms with van der Waals surface area (Å²) in [5, 5.41) is 6.11. The molecule has 5 heteroatoms. The number of aryl methyl sites for hydroxylation is 1. The van der Waals surface area contributed by atoms with Crippen LogP contribution in [0.2, 0.25) is 0 Å². The van der Waals surface area contributed by atoms with Gasteiger partial charge in [-0.2, -0.15) is 0 Å². The first-order chi connectivity index (χ1) is 12.3. The van der Waals surface area contributed by atoms with Gasteiger partial charge in [0.2, 0.25) is 5.95 Å². The Kier molecular flexibility index (Phi) is 6.72. The van der Waals surface area contributed by atoms with E-state index in [0.717, 1.165) is 37.2 Å². The number of rotatable bonds is 7. The molecule has 5 nitrogen and oxygen atoms in total. The third-order valence-corrected chi connectivity index (χ3v) is 4.16. The Morgan fingerprint density at radius 3 is 2.38 bits per heavy atom. The van der Waals surface area contributed by atoms with Crippen molar-refractivity contribution in [3.8, 4) is 0 Å². The van der Waals surface area contributed by atoms with Crippen LogP contribution in [-0.4, -0.2) is 22.4 Å². The smallest absolute Gasteiger partial charge is 0.274 e. The van der Waals surface area contributed by atoms with Gasteiger partial charge < -0.3 is 10.6 Å². The predicted octanol–water partition coefficient (Wildman–Crippen LogP) is 4.94. The summed E-state index contributed by atoms with van der Waals surface area (Å²) >= 11 is 0. The zero-order chi connectivity index (χ0) is 19.2. The van der Waals surface area contributed by atoms with Crippen molar-refractivity contribution in [3.05, 3.63) is 47.3 Å². The van der Waals surface area contributed by atoms with Gasteiger partial charge in [0.25, 0.3) is 5.91 Å². The van der Waals surface area contributed by atoms with E-state index in [4.69, 9.17) is 0 Å². The molecular formula is C21H30N4O. The fourth-order valence-corrected chi connectivity index (χ4v) is 2.59. The summed E-state index contributed by atoms with van der Waals surface area (Å²) in [5.41, 5.74) is 3.22. The normalized spacial score (nSPS) is 11.3. The van der Waals surface area contributed by atoms with Crippen molar-refractivity contribution in [2.45, 2.75) is 59.3 Å². The largest absolute Gasteiger partial charge is 0.354 e. The van der Waals surface area contributed by atoms with Crippen LogP contribution in [0.15, 0.2) is 30.3 Å². The average molecular weight is 354 g/mol. The number of carbonyl (C=O) groups is 1. The highest BCUT2D eigenvalue weighted by Gasteiger charge is 2.14. The molecule has 0 bridgehead atoms. The molecule has 0 saturated heterocycles. The summed E-state index contributed by atoms with van der Waals surface area (Å²) in [6.07, 6.45) is 3.39. The van der Waals surface area contributed by atoms with Crippen molar-refractivity contribution in [1.82, 2.24) is 9.97 Å². The lowest BCUT2D eigenvalue weighted by Crippen LogP contribution is -2.17. The van der Waals surface area contributed by atoms with Crippen molar-refractivity contribution in [2.75, 3.05) is 17.2 Å². The van der Waals surface area contributed by atoms with E-state index in [1.807, 2.05) is 31.2 Å². The zero-order valence-corrected chi connectivity index (χ0v) is 16.5. The maximum Gasteiger partial charge on any atom is 0.274 e. The van der Waals surface area contributed by atoms with E-state index >= 15 is 0 Å². The lowest BCUT2D eigenvalue weighted by molar-refractivity contribution is 0.102. The minimum atomic E-state index is -0.226. The van der Waals surface area contributed by atoms with Gasteiger partial charge in [0, 0.05) is 17.9 Å². The minimum absolute atomic E-state index is 0.0879. The third-order valence-electron chi connectivity index (χ3n) is 4.16. The molecule has 2 rings (SSSR count).